The third-order valence-electron chi connectivity index (χ3n) is 4.88. The third-order valence-corrected chi connectivity index (χ3v) is 4.88. The van der Waals surface area contributed by atoms with Crippen LogP contribution in [0.1, 0.15) is 31.8 Å². The van der Waals surface area contributed by atoms with E-state index in [1.54, 1.807) is 6.08 Å². The van der Waals surface area contributed by atoms with Gasteiger partial charge in [0.25, 0.3) is 0 Å². The fourth-order valence-electron chi connectivity index (χ4n) is 3.58. The summed E-state index contributed by atoms with van der Waals surface area (Å²) < 4.78 is 0. The van der Waals surface area contributed by atoms with E-state index < -0.39 is 0 Å². The number of carbonyl (C=O) groups is 2. The number of rotatable bonds is 2. The molecule has 3 aromatic rings. The second-order valence-electron chi connectivity index (χ2n) is 6.90. The molecule has 0 unspecified atom stereocenters. The minimum absolute atomic E-state index is 0.190. The highest BCUT2D eigenvalue weighted by Crippen LogP contribution is 2.32. The molecule has 1 aliphatic rings. The van der Waals surface area contributed by atoms with Crippen molar-refractivity contribution in [1.82, 2.24) is 0 Å². The van der Waals surface area contributed by atoms with Gasteiger partial charge in [-0.3, -0.25) is 9.59 Å². The molecular weight excluding hydrogens is 322 g/mol. The van der Waals surface area contributed by atoms with Gasteiger partial charge in [0.15, 0.2) is 11.6 Å². The summed E-state index contributed by atoms with van der Waals surface area (Å²) in [6.45, 7) is 2.02. The predicted molar refractivity (Wildman–Crippen MR) is 106 cm³/mol. The SMILES string of the molecule is Cc1cc(C=C2C(=O)c3cc4ccccc4cc3C2=O)ccc1N(C)C. The molecule has 3 heteroatoms. The van der Waals surface area contributed by atoms with Crippen LogP contribution in [0.15, 0.2) is 60.2 Å². The second-order valence-corrected chi connectivity index (χ2v) is 6.90. The van der Waals surface area contributed by atoms with E-state index in [2.05, 4.69) is 0 Å². The zero-order chi connectivity index (χ0) is 18.4. The van der Waals surface area contributed by atoms with Crippen molar-refractivity contribution >= 4 is 34.1 Å². The van der Waals surface area contributed by atoms with Gasteiger partial charge in [0, 0.05) is 30.9 Å². The first kappa shape index (κ1) is 16.3. The molecule has 0 spiro atoms. The molecule has 0 heterocycles. The third kappa shape index (κ3) is 2.53. The van der Waals surface area contributed by atoms with Crippen molar-refractivity contribution in [1.29, 1.82) is 0 Å². The van der Waals surface area contributed by atoms with Crippen molar-refractivity contribution in [3.8, 4) is 0 Å². The molecule has 128 valence electrons. The highest BCUT2D eigenvalue weighted by molar-refractivity contribution is 6.42. The van der Waals surface area contributed by atoms with Crippen molar-refractivity contribution in [2.24, 2.45) is 0 Å². The number of ketones is 2. The Kier molecular flexibility index (Phi) is 3.73. The number of carbonyl (C=O) groups excluding carboxylic acids is 2. The number of aryl methyl sites for hydroxylation is 1. The number of anilines is 1. The number of nitrogens with zero attached hydrogens (tertiary/aromatic N) is 1. The van der Waals surface area contributed by atoms with Crippen LogP contribution in [0, 0.1) is 6.92 Å². The van der Waals surface area contributed by atoms with Crippen LogP contribution in [0.3, 0.4) is 0 Å². The summed E-state index contributed by atoms with van der Waals surface area (Å²) in [4.78, 5) is 27.7. The Balaban J connectivity index is 1.79. The molecule has 3 aromatic carbocycles. The van der Waals surface area contributed by atoms with Gasteiger partial charge in [-0.25, -0.2) is 0 Å². The van der Waals surface area contributed by atoms with Gasteiger partial charge >= 0.3 is 0 Å². The Labute approximate surface area is 152 Å². The molecule has 0 amide bonds. The lowest BCUT2D eigenvalue weighted by Crippen LogP contribution is -2.10. The molecule has 0 saturated heterocycles. The molecule has 26 heavy (non-hydrogen) atoms. The van der Waals surface area contributed by atoms with Gasteiger partial charge in [0.2, 0.25) is 0 Å². The maximum absolute atomic E-state index is 12.8. The van der Waals surface area contributed by atoms with Crippen LogP contribution in [0.2, 0.25) is 0 Å². The summed E-state index contributed by atoms with van der Waals surface area (Å²) in [6, 6.07) is 17.4. The Morgan fingerprint density at radius 3 is 1.88 bits per heavy atom. The van der Waals surface area contributed by atoms with Gasteiger partial charge in [0.05, 0.1) is 5.57 Å². The lowest BCUT2D eigenvalue weighted by molar-refractivity contribution is 0.0990. The lowest BCUT2D eigenvalue weighted by atomic mass is 10.0. The van der Waals surface area contributed by atoms with Gasteiger partial charge in [-0.1, -0.05) is 30.3 Å². The quantitative estimate of drug-likeness (QED) is 0.502. The van der Waals surface area contributed by atoms with Gasteiger partial charge < -0.3 is 4.90 Å². The van der Waals surface area contributed by atoms with Crippen LogP contribution in [-0.4, -0.2) is 25.7 Å². The first-order valence-corrected chi connectivity index (χ1v) is 8.57. The van der Waals surface area contributed by atoms with Crippen LogP contribution in [-0.2, 0) is 0 Å². The van der Waals surface area contributed by atoms with Gasteiger partial charge in [-0.05, 0) is 59.2 Å². The Hall–Kier alpha value is -3.20. The van der Waals surface area contributed by atoms with Gasteiger partial charge in [0.1, 0.15) is 0 Å². The summed E-state index contributed by atoms with van der Waals surface area (Å²) in [5.41, 5.74) is 4.33. The van der Waals surface area contributed by atoms with E-state index in [0.717, 1.165) is 27.6 Å². The van der Waals surface area contributed by atoms with E-state index in [-0.39, 0.29) is 17.1 Å². The van der Waals surface area contributed by atoms with Crippen LogP contribution < -0.4 is 4.90 Å². The monoisotopic (exact) mass is 341 g/mol. The average molecular weight is 341 g/mol. The topological polar surface area (TPSA) is 37.4 Å². The number of hydrogen-bond acceptors (Lipinski definition) is 3. The van der Waals surface area contributed by atoms with Gasteiger partial charge in [-0.2, -0.15) is 0 Å². The number of fused-ring (bicyclic) bond motifs is 2. The molecule has 0 fully saturated rings. The molecule has 0 radical (unpaired) electrons. The molecule has 0 bridgehead atoms. The van der Waals surface area contributed by atoms with Crippen LogP contribution in [0.4, 0.5) is 5.69 Å². The molecule has 0 aliphatic heterocycles. The maximum Gasteiger partial charge on any atom is 0.197 e. The first-order chi connectivity index (χ1) is 12.5. The van der Waals surface area contributed by atoms with E-state index in [4.69, 9.17) is 0 Å². The highest BCUT2D eigenvalue weighted by atomic mass is 16.2. The molecule has 1 aliphatic carbocycles. The largest absolute Gasteiger partial charge is 0.377 e. The minimum atomic E-state index is -0.190. The van der Waals surface area contributed by atoms with Crippen molar-refractivity contribution in [2.75, 3.05) is 19.0 Å². The minimum Gasteiger partial charge on any atom is -0.377 e. The van der Waals surface area contributed by atoms with Crippen LogP contribution in [0.25, 0.3) is 16.8 Å². The van der Waals surface area contributed by atoms with Crippen LogP contribution >= 0.6 is 0 Å². The fourth-order valence-corrected chi connectivity index (χ4v) is 3.58. The van der Waals surface area contributed by atoms with Crippen molar-refractivity contribution in [3.63, 3.8) is 0 Å². The lowest BCUT2D eigenvalue weighted by Gasteiger charge is -2.15. The molecular formula is C23H19NO2. The first-order valence-electron chi connectivity index (χ1n) is 8.57. The molecule has 0 N–H and O–H groups in total. The molecule has 0 atom stereocenters. The van der Waals surface area contributed by atoms with E-state index in [0.29, 0.717) is 11.1 Å². The van der Waals surface area contributed by atoms with Crippen molar-refractivity contribution in [2.45, 2.75) is 6.92 Å². The van der Waals surface area contributed by atoms with Crippen molar-refractivity contribution in [3.05, 3.63) is 82.4 Å². The number of hydrogen-bond donors (Lipinski definition) is 0. The molecule has 3 nitrogen and oxygen atoms in total. The van der Waals surface area contributed by atoms with Gasteiger partial charge in [-0.15, -0.1) is 0 Å². The average Bonchev–Trinajstić information content (AvgIpc) is 2.84. The zero-order valence-electron chi connectivity index (χ0n) is 15.0. The normalized spacial score (nSPS) is 13.3. The molecule has 0 saturated carbocycles. The van der Waals surface area contributed by atoms with Crippen molar-refractivity contribution < 1.29 is 9.59 Å². The number of allylic oxidation sites excluding steroid dienone is 1. The summed E-state index contributed by atoms with van der Waals surface area (Å²) in [5.74, 6) is -0.379. The summed E-state index contributed by atoms with van der Waals surface area (Å²) in [5, 5.41) is 1.94. The number of benzene rings is 3. The van der Waals surface area contributed by atoms with E-state index in [1.165, 1.54) is 0 Å². The summed E-state index contributed by atoms with van der Waals surface area (Å²) >= 11 is 0. The second kappa shape index (κ2) is 5.95. The van der Waals surface area contributed by atoms with Crippen LogP contribution in [0.5, 0.6) is 0 Å². The van der Waals surface area contributed by atoms with E-state index >= 15 is 0 Å². The van der Waals surface area contributed by atoms with E-state index in [1.807, 2.05) is 80.5 Å². The smallest absolute Gasteiger partial charge is 0.197 e. The summed E-state index contributed by atoms with van der Waals surface area (Å²) in [7, 11) is 3.98. The molecule has 0 aromatic heterocycles. The highest BCUT2D eigenvalue weighted by Gasteiger charge is 2.33. The number of Topliss-reactive ketones (excluding diaryl/α,β-unsaturated/α-hetero) is 2. The van der Waals surface area contributed by atoms with E-state index in [9.17, 15) is 9.59 Å². The standard InChI is InChI=1S/C23H19NO2/c1-14-10-15(8-9-21(14)24(2)3)11-20-22(25)18-12-16-6-4-5-7-17(16)13-19(18)23(20)26/h4-13H,1-3H3. The summed E-state index contributed by atoms with van der Waals surface area (Å²) in [6.07, 6.45) is 1.71. The fraction of sp³-hybridized carbons (Fsp3) is 0.130. The Morgan fingerprint density at radius 1 is 0.808 bits per heavy atom. The predicted octanol–water partition coefficient (Wildman–Crippen LogP) is 4.68. The maximum atomic E-state index is 12.8. The Morgan fingerprint density at radius 2 is 1.38 bits per heavy atom. The zero-order valence-corrected chi connectivity index (χ0v) is 15.0. The Bertz CT molecular complexity index is 1050. The molecule has 4 rings (SSSR count).